The number of hydrogen-bond acceptors (Lipinski definition) is 12. The molecule has 3 heterocycles. The van der Waals surface area contributed by atoms with Crippen LogP contribution in [-0.4, -0.2) is 90.6 Å². The number of carbonyl (C=O) groups is 3. The highest BCUT2D eigenvalue weighted by atomic mass is 17.0. The molecule has 0 N–H and O–H groups in total. The highest BCUT2D eigenvalue weighted by Crippen LogP contribution is 2.50. The molecular formula is C66H101N3O9. The van der Waals surface area contributed by atoms with Crippen LogP contribution in [0.2, 0.25) is 0 Å². The highest BCUT2D eigenvalue weighted by Gasteiger charge is 2.59. The Kier molecular flexibility index (Phi) is 22.2. The van der Waals surface area contributed by atoms with Crippen molar-refractivity contribution >= 4 is 17.9 Å². The van der Waals surface area contributed by atoms with Crippen molar-refractivity contribution in [2.45, 2.75) is 289 Å². The van der Waals surface area contributed by atoms with Crippen molar-refractivity contribution in [1.29, 1.82) is 0 Å². The zero-order chi connectivity index (χ0) is 56.8. The quantitative estimate of drug-likeness (QED) is 0.0298. The molecule has 3 aliphatic heterocycles. The van der Waals surface area contributed by atoms with Crippen LogP contribution in [0, 0.1) is 0 Å². The number of esters is 3. The summed E-state index contributed by atoms with van der Waals surface area (Å²) in [5, 5.41) is 6.17. The summed E-state index contributed by atoms with van der Waals surface area (Å²) in [5.41, 5.74) is -2.59. The van der Waals surface area contributed by atoms with E-state index in [1.54, 1.807) is 36.4 Å². The van der Waals surface area contributed by atoms with Gasteiger partial charge in [0.25, 0.3) is 0 Å². The third-order valence-corrected chi connectivity index (χ3v) is 16.3. The van der Waals surface area contributed by atoms with E-state index in [1.807, 2.05) is 54.6 Å². The van der Waals surface area contributed by atoms with Gasteiger partial charge in [0.1, 0.15) is 18.3 Å². The smallest absolute Gasteiger partial charge is 0.338 e. The monoisotopic (exact) mass is 1080 g/mol. The lowest BCUT2D eigenvalue weighted by Gasteiger charge is -2.60. The summed E-state index contributed by atoms with van der Waals surface area (Å²) in [6.07, 6.45) is 20.7. The van der Waals surface area contributed by atoms with Gasteiger partial charge >= 0.3 is 23.9 Å². The first-order chi connectivity index (χ1) is 36.8. The van der Waals surface area contributed by atoms with Crippen LogP contribution < -0.4 is 0 Å². The molecule has 0 saturated carbocycles. The standard InChI is InChI=1S/C66H101N3O9/c1-14-15-16-17-18-19-20-21-22-23-24-25-26-27-37-44-66(76-67-60(2,3)45-54(46-61(67,4)5)73-57(70)51-38-31-28-32-39-51,77-68-62(6,7)47-55(48-63(68,8)9)74-58(71)52-40-33-29-34-41-52)78-69-64(10,11)49-56(50-65(69,12)13)75-59(72)53-42-35-30-36-43-53/h28-36,38-43,54-56H,14-27,37,44-50H2,1-13H3. The van der Waals surface area contributed by atoms with Gasteiger partial charge in [0.2, 0.25) is 0 Å². The Bertz CT molecular complexity index is 2030. The van der Waals surface area contributed by atoms with Gasteiger partial charge in [0.05, 0.1) is 16.7 Å². The summed E-state index contributed by atoms with van der Waals surface area (Å²) in [6.45, 7) is 27.9. The maximum atomic E-state index is 13.6. The fraction of sp³-hybridized carbons (Fsp3) is 0.682. The number of hydroxylamine groups is 6. The van der Waals surface area contributed by atoms with Crippen molar-refractivity contribution in [1.82, 2.24) is 15.2 Å². The van der Waals surface area contributed by atoms with E-state index >= 15 is 0 Å². The van der Waals surface area contributed by atoms with Crippen molar-refractivity contribution in [3.63, 3.8) is 0 Å². The Morgan fingerprint density at radius 2 is 0.590 bits per heavy atom. The van der Waals surface area contributed by atoms with Crippen molar-refractivity contribution in [3.8, 4) is 0 Å². The van der Waals surface area contributed by atoms with Crippen molar-refractivity contribution < 1.29 is 43.1 Å². The van der Waals surface area contributed by atoms with Crippen LogP contribution in [0.25, 0.3) is 0 Å². The summed E-state index contributed by atoms with van der Waals surface area (Å²) >= 11 is 0. The lowest BCUT2D eigenvalue weighted by molar-refractivity contribution is -0.584. The third kappa shape index (κ3) is 17.7. The zero-order valence-corrected chi connectivity index (χ0v) is 50.5. The maximum absolute atomic E-state index is 13.6. The Morgan fingerprint density at radius 1 is 0.372 bits per heavy atom. The van der Waals surface area contributed by atoms with Crippen LogP contribution >= 0.6 is 0 Å². The minimum atomic E-state index is -1.75. The summed E-state index contributed by atoms with van der Waals surface area (Å²) < 4.78 is 18.9. The van der Waals surface area contributed by atoms with Crippen LogP contribution in [0.3, 0.4) is 0 Å². The second-order valence-corrected chi connectivity index (χ2v) is 26.8. The number of rotatable bonds is 28. The second kappa shape index (κ2) is 27.5. The number of piperidine rings is 3. The van der Waals surface area contributed by atoms with Crippen LogP contribution in [0.4, 0.5) is 0 Å². The Labute approximate surface area is 470 Å². The minimum absolute atomic E-state index is 0.347. The molecule has 0 spiro atoms. The molecule has 0 bridgehead atoms. The molecule has 0 unspecified atom stereocenters. The number of ether oxygens (including phenoxy) is 3. The molecular weight excluding hydrogens is 979 g/mol. The summed E-state index contributed by atoms with van der Waals surface area (Å²) in [5.74, 6) is -2.79. The summed E-state index contributed by atoms with van der Waals surface area (Å²) in [6, 6.07) is 27.5. The van der Waals surface area contributed by atoms with Gasteiger partial charge in [0, 0.05) is 78.2 Å². The molecule has 434 valence electrons. The predicted octanol–water partition coefficient (Wildman–Crippen LogP) is 16.3. The van der Waals surface area contributed by atoms with Crippen molar-refractivity contribution in [3.05, 3.63) is 108 Å². The molecule has 0 radical (unpaired) electrons. The van der Waals surface area contributed by atoms with E-state index < -0.39 is 39.2 Å². The van der Waals surface area contributed by atoms with E-state index in [4.69, 9.17) is 28.7 Å². The lowest BCUT2D eigenvalue weighted by atomic mass is 9.80. The van der Waals surface area contributed by atoms with Gasteiger partial charge in [0.15, 0.2) is 0 Å². The van der Waals surface area contributed by atoms with Gasteiger partial charge in [-0.05, 0) is 126 Å². The highest BCUT2D eigenvalue weighted by molar-refractivity contribution is 5.90. The predicted molar refractivity (Wildman–Crippen MR) is 310 cm³/mol. The van der Waals surface area contributed by atoms with Crippen LogP contribution in [-0.2, 0) is 28.7 Å². The Hall–Kier alpha value is -4.17. The fourth-order valence-electron chi connectivity index (χ4n) is 13.2. The fourth-order valence-corrected chi connectivity index (χ4v) is 13.2. The van der Waals surface area contributed by atoms with Gasteiger partial charge in [-0.2, -0.15) is 15.2 Å². The van der Waals surface area contributed by atoms with Crippen molar-refractivity contribution in [2.24, 2.45) is 0 Å². The normalized spacial score (nSPS) is 20.7. The molecule has 6 rings (SSSR count). The van der Waals surface area contributed by atoms with E-state index in [2.05, 4.69) is 105 Å². The number of hydrogen-bond donors (Lipinski definition) is 0. The van der Waals surface area contributed by atoms with Crippen molar-refractivity contribution in [2.75, 3.05) is 0 Å². The number of nitrogens with zero attached hydrogens (tertiary/aromatic N) is 3. The molecule has 3 fully saturated rings. The van der Waals surface area contributed by atoms with Gasteiger partial charge in [-0.1, -0.05) is 151 Å². The van der Waals surface area contributed by atoms with E-state index in [1.165, 1.54) is 70.6 Å². The van der Waals surface area contributed by atoms with E-state index in [-0.39, 0.29) is 36.2 Å². The van der Waals surface area contributed by atoms with E-state index in [9.17, 15) is 14.4 Å². The Morgan fingerprint density at radius 3 is 0.821 bits per heavy atom. The first-order valence-corrected chi connectivity index (χ1v) is 30.0. The third-order valence-electron chi connectivity index (χ3n) is 16.3. The number of benzene rings is 3. The lowest BCUT2D eigenvalue weighted by Crippen LogP contribution is -2.71. The molecule has 3 aromatic rings. The zero-order valence-electron chi connectivity index (χ0n) is 50.5. The van der Waals surface area contributed by atoms with Gasteiger partial charge < -0.3 is 14.2 Å². The molecule has 12 heteroatoms. The molecule has 0 aliphatic carbocycles. The second-order valence-electron chi connectivity index (χ2n) is 26.8. The Balaban J connectivity index is 1.31. The van der Waals surface area contributed by atoms with Gasteiger partial charge in [-0.15, -0.1) is 0 Å². The van der Waals surface area contributed by atoms with Crippen LogP contribution in [0.5, 0.6) is 0 Å². The molecule has 3 aromatic carbocycles. The average Bonchev–Trinajstić information content (AvgIpc) is 3.42. The first-order valence-electron chi connectivity index (χ1n) is 30.0. The molecule has 0 aromatic heterocycles. The molecule has 78 heavy (non-hydrogen) atoms. The van der Waals surface area contributed by atoms with Gasteiger partial charge in [-0.3, -0.25) is 0 Å². The molecule has 3 saturated heterocycles. The number of unbranched alkanes of at least 4 members (excludes halogenated alkanes) is 14. The summed E-state index contributed by atoms with van der Waals surface area (Å²) in [7, 11) is 0. The maximum Gasteiger partial charge on any atom is 0.338 e. The average molecular weight is 1080 g/mol. The largest absolute Gasteiger partial charge is 0.459 e. The molecule has 0 amide bonds. The molecule has 0 atom stereocenters. The molecule has 12 nitrogen and oxygen atoms in total. The summed E-state index contributed by atoms with van der Waals surface area (Å²) in [4.78, 5) is 64.0. The van der Waals surface area contributed by atoms with Crippen LogP contribution in [0.1, 0.15) is 262 Å². The van der Waals surface area contributed by atoms with Gasteiger partial charge in [-0.25, -0.2) is 28.9 Å². The first kappa shape index (κ1) is 63.0. The van der Waals surface area contributed by atoms with E-state index in [0.717, 1.165) is 25.7 Å². The molecule has 3 aliphatic rings. The minimum Gasteiger partial charge on any atom is -0.459 e. The SMILES string of the molecule is CCCCCCCCCCCCCCCCCC(ON1C(C)(C)CC(OC(=O)c2ccccc2)CC1(C)C)(ON1C(C)(C)CC(OC(=O)c2ccccc2)CC1(C)C)ON1C(C)(C)CC(OC(=O)c2ccccc2)CC1(C)C. The van der Waals surface area contributed by atoms with E-state index in [0.29, 0.717) is 61.6 Å². The number of carbonyl (C=O) groups excluding carboxylic acids is 3. The topological polar surface area (TPSA) is 116 Å². The van der Waals surface area contributed by atoms with Crippen LogP contribution in [0.15, 0.2) is 91.0 Å².